The summed E-state index contributed by atoms with van der Waals surface area (Å²) in [4.78, 5) is 4.56. The monoisotopic (exact) mass is 294 g/mol. The third-order valence-corrected chi connectivity index (χ3v) is 3.50. The molecule has 0 amide bonds. The Hall–Kier alpha value is -1.25. The fraction of sp³-hybridized carbons (Fsp3) is 0.267. The van der Waals surface area contributed by atoms with E-state index in [2.05, 4.69) is 35.4 Å². The van der Waals surface area contributed by atoms with Gasteiger partial charge in [-0.1, -0.05) is 40.9 Å². The molecule has 0 atom stereocenters. The van der Waals surface area contributed by atoms with E-state index in [0.717, 1.165) is 23.4 Å². The minimum atomic E-state index is 0.543. The van der Waals surface area contributed by atoms with Gasteiger partial charge >= 0.3 is 0 Å². The third-order valence-electron chi connectivity index (χ3n) is 2.92. The molecule has 0 radical (unpaired) electrons. The largest absolute Gasteiger partial charge is 0.369 e. The van der Waals surface area contributed by atoms with E-state index in [1.807, 2.05) is 13.8 Å². The molecule has 2 aromatic rings. The zero-order valence-corrected chi connectivity index (χ0v) is 12.7. The van der Waals surface area contributed by atoms with Crippen LogP contribution in [0.25, 0.3) is 11.3 Å². The van der Waals surface area contributed by atoms with Crippen LogP contribution in [0.15, 0.2) is 24.3 Å². The molecule has 0 fully saturated rings. The van der Waals surface area contributed by atoms with Crippen LogP contribution in [-0.4, -0.2) is 11.5 Å². The Morgan fingerprint density at radius 1 is 1.11 bits per heavy atom. The number of nitrogens with one attached hydrogen (secondary N) is 1. The first-order valence-corrected chi connectivity index (χ1v) is 6.96. The van der Waals surface area contributed by atoms with Gasteiger partial charge in [0.05, 0.1) is 15.7 Å². The maximum atomic E-state index is 6.29. The Morgan fingerprint density at radius 3 is 2.53 bits per heavy atom. The number of halogens is 2. The van der Waals surface area contributed by atoms with Crippen molar-refractivity contribution in [2.45, 2.75) is 20.8 Å². The van der Waals surface area contributed by atoms with Crippen molar-refractivity contribution in [2.24, 2.45) is 0 Å². The molecule has 100 valence electrons. The number of hydrogen-bond donors (Lipinski definition) is 1. The number of aromatic nitrogens is 1. The SMILES string of the molecule is CCNc1nc(-c2cc(C)ccc2C)c(Cl)cc1Cl. The molecular weight excluding hydrogens is 279 g/mol. The lowest BCUT2D eigenvalue weighted by Gasteiger charge is -2.12. The van der Waals surface area contributed by atoms with Gasteiger partial charge in [0, 0.05) is 12.1 Å². The van der Waals surface area contributed by atoms with Crippen molar-refractivity contribution in [2.75, 3.05) is 11.9 Å². The summed E-state index contributed by atoms with van der Waals surface area (Å²) in [5.41, 5.74) is 4.13. The highest BCUT2D eigenvalue weighted by atomic mass is 35.5. The number of hydrogen-bond acceptors (Lipinski definition) is 2. The highest BCUT2D eigenvalue weighted by Gasteiger charge is 2.12. The van der Waals surface area contributed by atoms with E-state index in [0.29, 0.717) is 15.9 Å². The van der Waals surface area contributed by atoms with Gasteiger partial charge in [0.25, 0.3) is 0 Å². The second-order valence-corrected chi connectivity index (χ2v) is 5.31. The molecule has 0 spiro atoms. The summed E-state index contributed by atoms with van der Waals surface area (Å²) in [6, 6.07) is 7.98. The second-order valence-electron chi connectivity index (χ2n) is 4.50. The fourth-order valence-electron chi connectivity index (χ4n) is 1.94. The molecule has 0 aliphatic heterocycles. The van der Waals surface area contributed by atoms with Gasteiger partial charge in [-0.3, -0.25) is 0 Å². The third kappa shape index (κ3) is 3.02. The van der Waals surface area contributed by atoms with Crippen LogP contribution in [0.3, 0.4) is 0 Å². The lowest BCUT2D eigenvalue weighted by Crippen LogP contribution is -2.02. The van der Waals surface area contributed by atoms with Crippen LogP contribution in [0.5, 0.6) is 0 Å². The van der Waals surface area contributed by atoms with Crippen LogP contribution in [0.2, 0.25) is 10.0 Å². The number of rotatable bonds is 3. The van der Waals surface area contributed by atoms with Crippen LogP contribution in [0.1, 0.15) is 18.1 Å². The first-order valence-electron chi connectivity index (χ1n) is 6.20. The molecule has 1 heterocycles. The second kappa shape index (κ2) is 5.81. The first-order chi connectivity index (χ1) is 9.02. The molecular formula is C15H16Cl2N2. The van der Waals surface area contributed by atoms with Crippen molar-refractivity contribution in [3.05, 3.63) is 45.4 Å². The number of nitrogens with zero attached hydrogens (tertiary/aromatic N) is 1. The molecule has 19 heavy (non-hydrogen) atoms. The molecule has 0 saturated carbocycles. The standard InChI is InChI=1S/C15H16Cl2N2/c1-4-18-15-13(17)8-12(16)14(19-15)11-7-9(2)5-6-10(11)3/h5-8H,4H2,1-3H3,(H,18,19). The number of anilines is 1. The van der Waals surface area contributed by atoms with Crippen LogP contribution >= 0.6 is 23.2 Å². The van der Waals surface area contributed by atoms with Gasteiger partial charge in [0.2, 0.25) is 0 Å². The zero-order valence-electron chi connectivity index (χ0n) is 11.2. The molecule has 1 N–H and O–H groups in total. The van der Waals surface area contributed by atoms with Gasteiger partial charge in [-0.2, -0.15) is 0 Å². The summed E-state index contributed by atoms with van der Waals surface area (Å²) in [6.07, 6.45) is 0. The van der Waals surface area contributed by atoms with Crippen molar-refractivity contribution in [1.29, 1.82) is 0 Å². The molecule has 2 rings (SSSR count). The fourth-order valence-corrected chi connectivity index (χ4v) is 2.47. The Bertz CT molecular complexity index is 609. The molecule has 1 aromatic carbocycles. The van der Waals surface area contributed by atoms with Gasteiger partial charge in [-0.15, -0.1) is 0 Å². The van der Waals surface area contributed by atoms with E-state index in [1.165, 1.54) is 5.56 Å². The maximum Gasteiger partial charge on any atom is 0.145 e. The molecule has 1 aromatic heterocycles. The Balaban J connectivity index is 2.61. The first kappa shape index (κ1) is 14.2. The van der Waals surface area contributed by atoms with E-state index < -0.39 is 0 Å². The normalized spacial score (nSPS) is 10.6. The predicted molar refractivity (Wildman–Crippen MR) is 83.3 cm³/mol. The summed E-state index contributed by atoms with van der Waals surface area (Å²) in [7, 11) is 0. The Labute approximate surface area is 123 Å². The summed E-state index contributed by atoms with van der Waals surface area (Å²) in [5, 5.41) is 4.26. The van der Waals surface area contributed by atoms with Crippen LogP contribution in [-0.2, 0) is 0 Å². The summed E-state index contributed by atoms with van der Waals surface area (Å²) in [5.74, 6) is 0.671. The molecule has 0 unspecified atom stereocenters. The average Bonchev–Trinajstić information content (AvgIpc) is 2.36. The summed E-state index contributed by atoms with van der Waals surface area (Å²) < 4.78 is 0. The van der Waals surface area contributed by atoms with Gasteiger partial charge in [0.1, 0.15) is 5.82 Å². The molecule has 2 nitrogen and oxygen atoms in total. The number of aryl methyl sites for hydroxylation is 2. The van der Waals surface area contributed by atoms with Crippen molar-refractivity contribution < 1.29 is 0 Å². The van der Waals surface area contributed by atoms with E-state index in [9.17, 15) is 0 Å². The van der Waals surface area contributed by atoms with Crippen LogP contribution in [0.4, 0.5) is 5.82 Å². The average molecular weight is 295 g/mol. The van der Waals surface area contributed by atoms with Gasteiger partial charge in [-0.05, 0) is 38.5 Å². The lowest BCUT2D eigenvalue weighted by molar-refractivity contribution is 1.16. The Morgan fingerprint density at radius 2 is 1.84 bits per heavy atom. The molecule has 0 aliphatic rings. The van der Waals surface area contributed by atoms with Crippen LogP contribution < -0.4 is 5.32 Å². The van der Waals surface area contributed by atoms with Crippen molar-refractivity contribution in [3.8, 4) is 11.3 Å². The van der Waals surface area contributed by atoms with E-state index in [1.54, 1.807) is 6.07 Å². The molecule has 0 saturated heterocycles. The smallest absolute Gasteiger partial charge is 0.145 e. The van der Waals surface area contributed by atoms with Crippen LogP contribution in [0, 0.1) is 13.8 Å². The van der Waals surface area contributed by atoms with Crippen molar-refractivity contribution >= 4 is 29.0 Å². The summed E-state index contributed by atoms with van der Waals surface area (Å²) >= 11 is 12.4. The number of pyridine rings is 1. The van der Waals surface area contributed by atoms with Crippen molar-refractivity contribution in [1.82, 2.24) is 4.98 Å². The van der Waals surface area contributed by atoms with Crippen molar-refractivity contribution in [3.63, 3.8) is 0 Å². The summed E-state index contributed by atoms with van der Waals surface area (Å²) in [6.45, 7) is 6.87. The maximum absolute atomic E-state index is 6.29. The zero-order chi connectivity index (χ0) is 14.0. The highest BCUT2D eigenvalue weighted by Crippen LogP contribution is 2.34. The minimum absolute atomic E-state index is 0.543. The number of benzene rings is 1. The quantitative estimate of drug-likeness (QED) is 0.851. The van der Waals surface area contributed by atoms with E-state index in [-0.39, 0.29) is 0 Å². The van der Waals surface area contributed by atoms with Gasteiger partial charge < -0.3 is 5.32 Å². The highest BCUT2D eigenvalue weighted by molar-refractivity contribution is 6.37. The van der Waals surface area contributed by atoms with Gasteiger partial charge in [0.15, 0.2) is 0 Å². The topological polar surface area (TPSA) is 24.9 Å². The predicted octanol–water partition coefficient (Wildman–Crippen LogP) is 5.10. The lowest BCUT2D eigenvalue weighted by atomic mass is 10.0. The molecule has 0 aliphatic carbocycles. The minimum Gasteiger partial charge on any atom is -0.369 e. The van der Waals surface area contributed by atoms with E-state index >= 15 is 0 Å². The Kier molecular flexibility index (Phi) is 4.33. The molecule has 0 bridgehead atoms. The molecule has 4 heteroatoms. The van der Waals surface area contributed by atoms with Gasteiger partial charge in [-0.25, -0.2) is 4.98 Å². The van der Waals surface area contributed by atoms with E-state index in [4.69, 9.17) is 23.2 Å².